The van der Waals surface area contributed by atoms with Gasteiger partial charge < -0.3 is 15.2 Å². The Kier molecular flexibility index (Phi) is 6.88. The molecule has 1 atom stereocenters. The van der Waals surface area contributed by atoms with Crippen LogP contribution in [0.3, 0.4) is 0 Å². The Balaban J connectivity index is 1.83. The molecular formula is C19H24FNO2. The summed E-state index contributed by atoms with van der Waals surface area (Å²) in [5.41, 5.74) is 6.92. The second kappa shape index (κ2) is 9.16. The summed E-state index contributed by atoms with van der Waals surface area (Å²) in [6.45, 7) is 3.70. The Morgan fingerprint density at radius 3 is 2.26 bits per heavy atom. The fraction of sp³-hybridized carbons (Fsp3) is 0.368. The summed E-state index contributed by atoms with van der Waals surface area (Å²) < 4.78 is 24.3. The molecule has 2 rings (SSSR count). The van der Waals surface area contributed by atoms with E-state index in [1.165, 1.54) is 12.1 Å². The highest BCUT2D eigenvalue weighted by Crippen LogP contribution is 2.27. The van der Waals surface area contributed by atoms with E-state index >= 15 is 0 Å². The summed E-state index contributed by atoms with van der Waals surface area (Å²) in [7, 11) is 0. The first-order valence-corrected chi connectivity index (χ1v) is 8.04. The highest BCUT2D eigenvalue weighted by Gasteiger charge is 2.10. The SMILES string of the molecule is CCOc1ccccc1OCCCC(CN)c1ccc(F)cc1. The standard InChI is InChI=1S/C19H24FNO2/c1-2-22-18-7-3-4-8-19(18)23-13-5-6-16(14-21)15-9-11-17(20)12-10-15/h3-4,7-12,16H,2,5-6,13-14,21H2,1H3. The minimum atomic E-state index is -0.222. The van der Waals surface area contributed by atoms with Crippen LogP contribution < -0.4 is 15.2 Å². The van der Waals surface area contributed by atoms with Crippen LogP contribution in [0.2, 0.25) is 0 Å². The molecule has 0 aliphatic rings. The Hall–Kier alpha value is -2.07. The van der Waals surface area contributed by atoms with E-state index in [9.17, 15) is 4.39 Å². The molecule has 0 amide bonds. The fourth-order valence-corrected chi connectivity index (χ4v) is 2.51. The van der Waals surface area contributed by atoms with Crippen LogP contribution >= 0.6 is 0 Å². The van der Waals surface area contributed by atoms with Crippen molar-refractivity contribution in [2.24, 2.45) is 5.73 Å². The van der Waals surface area contributed by atoms with Crippen LogP contribution in [-0.4, -0.2) is 19.8 Å². The molecule has 0 heterocycles. The van der Waals surface area contributed by atoms with E-state index in [1.54, 1.807) is 12.1 Å². The average Bonchev–Trinajstić information content (AvgIpc) is 2.58. The van der Waals surface area contributed by atoms with Crippen LogP contribution in [-0.2, 0) is 0 Å². The maximum Gasteiger partial charge on any atom is 0.161 e. The van der Waals surface area contributed by atoms with Gasteiger partial charge in [-0.15, -0.1) is 0 Å². The van der Waals surface area contributed by atoms with Crippen LogP contribution in [0.25, 0.3) is 0 Å². The number of hydrogen-bond acceptors (Lipinski definition) is 3. The second-order valence-corrected chi connectivity index (χ2v) is 5.35. The lowest BCUT2D eigenvalue weighted by Gasteiger charge is -2.16. The molecule has 0 aliphatic heterocycles. The molecule has 0 spiro atoms. The minimum absolute atomic E-state index is 0.222. The maximum atomic E-state index is 13.0. The van der Waals surface area contributed by atoms with Gasteiger partial charge in [0.05, 0.1) is 13.2 Å². The Labute approximate surface area is 137 Å². The molecule has 0 bridgehead atoms. The van der Waals surface area contributed by atoms with Crippen molar-refractivity contribution in [2.75, 3.05) is 19.8 Å². The molecule has 0 saturated heterocycles. The third kappa shape index (κ3) is 5.25. The molecule has 3 nitrogen and oxygen atoms in total. The summed E-state index contributed by atoms with van der Waals surface area (Å²) in [4.78, 5) is 0. The molecular weight excluding hydrogens is 293 g/mol. The minimum Gasteiger partial charge on any atom is -0.490 e. The molecule has 0 aliphatic carbocycles. The molecule has 0 radical (unpaired) electrons. The zero-order chi connectivity index (χ0) is 16.5. The number of nitrogens with two attached hydrogens (primary N) is 1. The van der Waals surface area contributed by atoms with Crippen molar-refractivity contribution >= 4 is 0 Å². The van der Waals surface area contributed by atoms with Gasteiger partial charge >= 0.3 is 0 Å². The first kappa shape index (κ1) is 17.3. The summed E-state index contributed by atoms with van der Waals surface area (Å²) in [6, 6.07) is 14.2. The molecule has 2 aromatic rings. The van der Waals surface area contributed by atoms with E-state index in [2.05, 4.69) is 0 Å². The topological polar surface area (TPSA) is 44.5 Å². The van der Waals surface area contributed by atoms with E-state index < -0.39 is 0 Å². The van der Waals surface area contributed by atoms with Crippen LogP contribution in [0, 0.1) is 5.82 Å². The van der Waals surface area contributed by atoms with Gasteiger partial charge in [0, 0.05) is 0 Å². The van der Waals surface area contributed by atoms with Crippen LogP contribution in [0.4, 0.5) is 4.39 Å². The first-order chi connectivity index (χ1) is 11.2. The number of benzene rings is 2. The molecule has 23 heavy (non-hydrogen) atoms. The summed E-state index contributed by atoms with van der Waals surface area (Å²) >= 11 is 0. The zero-order valence-corrected chi connectivity index (χ0v) is 13.5. The number of para-hydroxylation sites is 2. The van der Waals surface area contributed by atoms with Crippen LogP contribution in [0.5, 0.6) is 11.5 Å². The molecule has 1 unspecified atom stereocenters. The average molecular weight is 317 g/mol. The molecule has 0 fully saturated rings. The van der Waals surface area contributed by atoms with Gasteiger partial charge in [0.25, 0.3) is 0 Å². The summed E-state index contributed by atoms with van der Waals surface area (Å²) in [6.07, 6.45) is 1.78. The van der Waals surface area contributed by atoms with E-state index in [1.807, 2.05) is 31.2 Å². The van der Waals surface area contributed by atoms with Gasteiger partial charge in [0.2, 0.25) is 0 Å². The number of halogens is 1. The molecule has 2 N–H and O–H groups in total. The normalized spacial score (nSPS) is 12.0. The van der Waals surface area contributed by atoms with Gasteiger partial charge in [-0.3, -0.25) is 0 Å². The highest BCUT2D eigenvalue weighted by molar-refractivity contribution is 5.39. The van der Waals surface area contributed by atoms with Crippen LogP contribution in [0.1, 0.15) is 31.2 Å². The van der Waals surface area contributed by atoms with Crippen molar-refractivity contribution in [3.63, 3.8) is 0 Å². The van der Waals surface area contributed by atoms with E-state index in [0.717, 1.165) is 29.9 Å². The third-order valence-corrected chi connectivity index (χ3v) is 3.73. The molecule has 0 aromatic heterocycles. The van der Waals surface area contributed by atoms with Crippen molar-refractivity contribution in [1.29, 1.82) is 0 Å². The predicted molar refractivity (Wildman–Crippen MR) is 90.5 cm³/mol. The van der Waals surface area contributed by atoms with Gasteiger partial charge in [0.15, 0.2) is 11.5 Å². The van der Waals surface area contributed by atoms with Gasteiger partial charge in [-0.2, -0.15) is 0 Å². The lowest BCUT2D eigenvalue weighted by molar-refractivity contribution is 0.269. The monoisotopic (exact) mass is 317 g/mol. The lowest BCUT2D eigenvalue weighted by Crippen LogP contribution is -2.14. The van der Waals surface area contributed by atoms with Crippen molar-refractivity contribution < 1.29 is 13.9 Å². The molecule has 4 heteroatoms. The lowest BCUT2D eigenvalue weighted by atomic mass is 9.94. The Morgan fingerprint density at radius 2 is 1.65 bits per heavy atom. The van der Waals surface area contributed by atoms with Crippen molar-refractivity contribution in [3.05, 3.63) is 59.9 Å². The molecule has 0 saturated carbocycles. The highest BCUT2D eigenvalue weighted by atomic mass is 19.1. The number of ether oxygens (including phenoxy) is 2. The smallest absolute Gasteiger partial charge is 0.161 e. The van der Waals surface area contributed by atoms with E-state index in [0.29, 0.717) is 19.8 Å². The Bertz CT molecular complexity index is 586. The quantitative estimate of drug-likeness (QED) is 0.707. The molecule has 124 valence electrons. The Morgan fingerprint density at radius 1 is 1.00 bits per heavy atom. The van der Waals surface area contributed by atoms with Gasteiger partial charge in [0.1, 0.15) is 5.82 Å². The van der Waals surface area contributed by atoms with Crippen LogP contribution in [0.15, 0.2) is 48.5 Å². The summed E-state index contributed by atoms with van der Waals surface area (Å²) in [5.74, 6) is 1.53. The van der Waals surface area contributed by atoms with Gasteiger partial charge in [-0.1, -0.05) is 24.3 Å². The van der Waals surface area contributed by atoms with E-state index in [4.69, 9.17) is 15.2 Å². The predicted octanol–water partition coefficient (Wildman–Crippen LogP) is 4.13. The van der Waals surface area contributed by atoms with Crippen molar-refractivity contribution in [3.8, 4) is 11.5 Å². The zero-order valence-electron chi connectivity index (χ0n) is 13.5. The number of rotatable bonds is 9. The van der Waals surface area contributed by atoms with Crippen molar-refractivity contribution in [2.45, 2.75) is 25.7 Å². The molecule has 2 aromatic carbocycles. The number of hydrogen-bond donors (Lipinski definition) is 1. The first-order valence-electron chi connectivity index (χ1n) is 8.04. The summed E-state index contributed by atoms with van der Waals surface area (Å²) in [5, 5.41) is 0. The van der Waals surface area contributed by atoms with E-state index in [-0.39, 0.29) is 11.7 Å². The third-order valence-electron chi connectivity index (χ3n) is 3.73. The van der Waals surface area contributed by atoms with Gasteiger partial charge in [-0.05, 0) is 62.1 Å². The largest absolute Gasteiger partial charge is 0.490 e. The fourth-order valence-electron chi connectivity index (χ4n) is 2.51. The van der Waals surface area contributed by atoms with Gasteiger partial charge in [-0.25, -0.2) is 4.39 Å². The van der Waals surface area contributed by atoms with Crippen molar-refractivity contribution in [1.82, 2.24) is 0 Å². The second-order valence-electron chi connectivity index (χ2n) is 5.35. The maximum absolute atomic E-state index is 13.0.